The molecule has 2 aliphatic rings. The Morgan fingerprint density at radius 1 is 1.08 bits per heavy atom. The minimum absolute atomic E-state index is 0.100. The van der Waals surface area contributed by atoms with Gasteiger partial charge < -0.3 is 4.90 Å². The van der Waals surface area contributed by atoms with Crippen LogP contribution >= 0.6 is 0 Å². The first-order valence-corrected chi connectivity index (χ1v) is 10.9. The van der Waals surface area contributed by atoms with Gasteiger partial charge in [-0.05, 0) is 30.5 Å². The van der Waals surface area contributed by atoms with E-state index in [1.165, 1.54) is 12.1 Å². The molecular weight excluding hydrogens is 355 g/mol. The second kappa shape index (κ2) is 8.31. The van der Waals surface area contributed by atoms with Crippen molar-refractivity contribution in [2.75, 3.05) is 37.7 Å². The molecule has 0 N–H and O–H groups in total. The third kappa shape index (κ3) is 5.14. The first-order valence-electron chi connectivity index (χ1n) is 9.07. The Morgan fingerprint density at radius 2 is 1.69 bits per heavy atom. The summed E-state index contributed by atoms with van der Waals surface area (Å²) in [7, 11) is -2.85. The first-order chi connectivity index (χ1) is 12.4. The van der Waals surface area contributed by atoms with Gasteiger partial charge in [0, 0.05) is 38.6 Å². The van der Waals surface area contributed by atoms with Crippen LogP contribution < -0.4 is 0 Å². The van der Waals surface area contributed by atoms with Crippen LogP contribution in [0.1, 0.15) is 24.8 Å². The lowest BCUT2D eigenvalue weighted by Crippen LogP contribution is -2.51. The van der Waals surface area contributed by atoms with E-state index in [1.54, 1.807) is 12.1 Å². The number of sulfone groups is 1. The number of nitrogens with zero attached hydrogens (tertiary/aromatic N) is 2. The fourth-order valence-corrected chi connectivity index (χ4v) is 4.80. The summed E-state index contributed by atoms with van der Waals surface area (Å²) in [6.07, 6.45) is 5.78. The van der Waals surface area contributed by atoms with Crippen LogP contribution in [-0.4, -0.2) is 67.9 Å². The molecule has 1 aromatic rings. The van der Waals surface area contributed by atoms with Crippen molar-refractivity contribution >= 4 is 21.8 Å². The van der Waals surface area contributed by atoms with Crippen molar-refractivity contribution in [2.45, 2.75) is 25.3 Å². The molecule has 142 valence electrons. The van der Waals surface area contributed by atoms with Gasteiger partial charge in [0.2, 0.25) is 5.91 Å². The summed E-state index contributed by atoms with van der Waals surface area (Å²) in [5, 5.41) is 0. The molecule has 26 heavy (non-hydrogen) atoms. The fraction of sp³-hybridized carbons (Fsp3) is 0.526. The summed E-state index contributed by atoms with van der Waals surface area (Å²) in [5.74, 6) is 0.330. The highest BCUT2D eigenvalue weighted by Gasteiger charge is 2.30. The molecule has 1 amide bonds. The van der Waals surface area contributed by atoms with E-state index in [2.05, 4.69) is 4.90 Å². The predicted octanol–water partition coefficient (Wildman–Crippen LogP) is 1.95. The molecule has 1 aromatic carbocycles. The Labute approximate surface area is 154 Å². The molecule has 0 unspecified atom stereocenters. The van der Waals surface area contributed by atoms with E-state index >= 15 is 0 Å². The minimum atomic E-state index is -2.85. The van der Waals surface area contributed by atoms with Crippen LogP contribution in [0.25, 0.3) is 6.08 Å². The van der Waals surface area contributed by atoms with Crippen LogP contribution in [0.2, 0.25) is 0 Å². The first kappa shape index (κ1) is 19.0. The zero-order valence-corrected chi connectivity index (χ0v) is 15.6. The molecule has 3 rings (SSSR count). The standard InChI is InChI=1S/C19H25FN2O3S/c20-17-6-4-16(5-7-17)2-1-3-19(23)22-10-8-18(9-11-22)21-12-14-26(24,25)15-13-21/h1-2,4-7,18H,3,8-15H2/b2-1+. The number of carbonyl (C=O) groups is 1. The number of likely N-dealkylation sites (tertiary alicyclic amines) is 1. The molecule has 0 bridgehead atoms. The third-order valence-corrected chi connectivity index (χ3v) is 6.79. The van der Waals surface area contributed by atoms with Crippen LogP contribution in [-0.2, 0) is 14.6 Å². The summed E-state index contributed by atoms with van der Waals surface area (Å²) in [5.41, 5.74) is 0.873. The number of rotatable bonds is 4. The Balaban J connectivity index is 1.43. The summed E-state index contributed by atoms with van der Waals surface area (Å²) in [6, 6.07) is 6.54. The summed E-state index contributed by atoms with van der Waals surface area (Å²) < 4.78 is 35.9. The van der Waals surface area contributed by atoms with Gasteiger partial charge in [-0.25, -0.2) is 12.8 Å². The van der Waals surface area contributed by atoms with Crippen molar-refractivity contribution in [3.8, 4) is 0 Å². The summed E-state index contributed by atoms with van der Waals surface area (Å²) >= 11 is 0. The number of hydrogen-bond donors (Lipinski definition) is 0. The lowest BCUT2D eigenvalue weighted by Gasteiger charge is -2.40. The van der Waals surface area contributed by atoms with Gasteiger partial charge in [0.15, 0.2) is 9.84 Å². The highest BCUT2D eigenvalue weighted by atomic mass is 32.2. The molecule has 2 fully saturated rings. The molecule has 2 saturated heterocycles. The van der Waals surface area contributed by atoms with Crippen LogP contribution in [0.5, 0.6) is 0 Å². The quantitative estimate of drug-likeness (QED) is 0.801. The van der Waals surface area contributed by atoms with Crippen LogP contribution in [0.15, 0.2) is 30.3 Å². The smallest absolute Gasteiger partial charge is 0.226 e. The van der Waals surface area contributed by atoms with E-state index in [1.807, 2.05) is 17.1 Å². The van der Waals surface area contributed by atoms with Gasteiger partial charge in [0.1, 0.15) is 5.82 Å². The van der Waals surface area contributed by atoms with Crippen molar-refractivity contribution in [3.63, 3.8) is 0 Å². The maximum absolute atomic E-state index is 12.9. The number of halogens is 1. The number of piperidine rings is 1. The molecule has 0 atom stereocenters. The molecule has 0 radical (unpaired) electrons. The molecule has 0 aromatic heterocycles. The van der Waals surface area contributed by atoms with Crippen molar-refractivity contribution in [1.82, 2.24) is 9.80 Å². The van der Waals surface area contributed by atoms with E-state index in [0.717, 1.165) is 31.5 Å². The van der Waals surface area contributed by atoms with E-state index in [0.29, 0.717) is 25.6 Å². The highest BCUT2D eigenvalue weighted by molar-refractivity contribution is 7.91. The van der Waals surface area contributed by atoms with E-state index < -0.39 is 9.84 Å². The number of amides is 1. The average Bonchev–Trinajstić information content (AvgIpc) is 2.63. The molecule has 0 spiro atoms. The van der Waals surface area contributed by atoms with Gasteiger partial charge in [-0.3, -0.25) is 9.69 Å². The van der Waals surface area contributed by atoms with Crippen LogP contribution in [0, 0.1) is 5.82 Å². The van der Waals surface area contributed by atoms with Gasteiger partial charge >= 0.3 is 0 Å². The summed E-state index contributed by atoms with van der Waals surface area (Å²) in [4.78, 5) is 16.5. The highest BCUT2D eigenvalue weighted by Crippen LogP contribution is 2.19. The normalized spacial score (nSPS) is 22.0. The number of hydrogen-bond acceptors (Lipinski definition) is 4. The molecule has 5 nitrogen and oxygen atoms in total. The third-order valence-electron chi connectivity index (χ3n) is 5.19. The minimum Gasteiger partial charge on any atom is -0.342 e. The topological polar surface area (TPSA) is 57.7 Å². The van der Waals surface area contributed by atoms with Crippen molar-refractivity contribution < 1.29 is 17.6 Å². The fourth-order valence-electron chi connectivity index (χ4n) is 3.57. The summed E-state index contributed by atoms with van der Waals surface area (Å²) in [6.45, 7) is 2.66. The van der Waals surface area contributed by atoms with Gasteiger partial charge in [0.25, 0.3) is 0 Å². The molecular formula is C19H25FN2O3S. The van der Waals surface area contributed by atoms with Gasteiger partial charge in [-0.15, -0.1) is 0 Å². The number of benzene rings is 1. The Bertz CT molecular complexity index is 739. The Kier molecular flexibility index (Phi) is 6.09. The van der Waals surface area contributed by atoms with E-state index in [4.69, 9.17) is 0 Å². The maximum atomic E-state index is 12.9. The second-order valence-corrected chi connectivity index (χ2v) is 9.26. The molecule has 2 heterocycles. The van der Waals surface area contributed by atoms with Crippen molar-refractivity contribution in [2.24, 2.45) is 0 Å². The Morgan fingerprint density at radius 3 is 2.31 bits per heavy atom. The predicted molar refractivity (Wildman–Crippen MR) is 99.9 cm³/mol. The van der Waals surface area contributed by atoms with Crippen LogP contribution in [0.4, 0.5) is 4.39 Å². The number of carbonyl (C=O) groups excluding carboxylic acids is 1. The van der Waals surface area contributed by atoms with Crippen molar-refractivity contribution in [3.05, 3.63) is 41.7 Å². The van der Waals surface area contributed by atoms with Crippen LogP contribution in [0.3, 0.4) is 0 Å². The molecule has 0 saturated carbocycles. The monoisotopic (exact) mass is 380 g/mol. The molecule has 7 heteroatoms. The SMILES string of the molecule is O=C(C/C=C/c1ccc(F)cc1)N1CCC(N2CCS(=O)(=O)CC2)CC1. The van der Waals surface area contributed by atoms with E-state index in [9.17, 15) is 17.6 Å². The Hall–Kier alpha value is -1.73. The van der Waals surface area contributed by atoms with Gasteiger partial charge in [-0.2, -0.15) is 0 Å². The maximum Gasteiger partial charge on any atom is 0.226 e. The second-order valence-electron chi connectivity index (χ2n) is 6.96. The van der Waals surface area contributed by atoms with E-state index in [-0.39, 0.29) is 23.2 Å². The van der Waals surface area contributed by atoms with Gasteiger partial charge in [-0.1, -0.05) is 24.3 Å². The zero-order chi connectivity index (χ0) is 18.6. The lowest BCUT2D eigenvalue weighted by atomic mass is 10.0. The molecule has 2 aliphatic heterocycles. The largest absolute Gasteiger partial charge is 0.342 e. The lowest BCUT2D eigenvalue weighted by molar-refractivity contribution is -0.131. The van der Waals surface area contributed by atoms with Gasteiger partial charge in [0.05, 0.1) is 11.5 Å². The zero-order valence-electron chi connectivity index (χ0n) is 14.8. The average molecular weight is 380 g/mol. The van der Waals surface area contributed by atoms with Crippen molar-refractivity contribution in [1.29, 1.82) is 0 Å². The molecule has 0 aliphatic carbocycles.